The van der Waals surface area contributed by atoms with Gasteiger partial charge in [0.1, 0.15) is 11.3 Å². The Morgan fingerprint density at radius 1 is 1.29 bits per heavy atom. The van der Waals surface area contributed by atoms with E-state index < -0.39 is 0 Å². The van der Waals surface area contributed by atoms with Crippen LogP contribution in [0.1, 0.15) is 44.9 Å². The Labute approximate surface area is 130 Å². The second kappa shape index (κ2) is 5.84. The number of hydrogen-bond acceptors (Lipinski definition) is 3. The largest absolute Gasteiger partial charge is 0.481 e. The third-order valence-corrected chi connectivity index (χ3v) is 5.12. The van der Waals surface area contributed by atoms with E-state index in [9.17, 15) is 0 Å². The summed E-state index contributed by atoms with van der Waals surface area (Å²) in [5.74, 6) is 1.95. The molecule has 0 radical (unpaired) electrons. The van der Waals surface area contributed by atoms with Crippen LogP contribution in [-0.2, 0) is 12.4 Å². The van der Waals surface area contributed by atoms with Gasteiger partial charge in [0.2, 0.25) is 5.88 Å². The minimum atomic E-state index is 0.374. The quantitative estimate of drug-likeness (QED) is 0.779. The number of fused-ring (bicyclic) bond motifs is 1. The fraction of sp³-hybridized carbons (Fsp3) is 0.625. The number of aromatic nitrogens is 3. The van der Waals surface area contributed by atoms with Gasteiger partial charge in [-0.05, 0) is 30.7 Å². The normalized spacial score (nSPS) is 17.5. The number of alkyl halides is 1. The molecule has 2 heterocycles. The van der Waals surface area contributed by atoms with E-state index in [0.717, 1.165) is 23.5 Å². The predicted octanol–water partition coefficient (Wildman–Crippen LogP) is 4.15. The number of nitrogens with zero attached hydrogens (tertiary/aromatic N) is 3. The lowest BCUT2D eigenvalue weighted by molar-refractivity contribution is 0.237. The van der Waals surface area contributed by atoms with Gasteiger partial charge in [0.25, 0.3) is 0 Å². The highest BCUT2D eigenvalue weighted by Crippen LogP contribution is 2.43. The van der Waals surface area contributed by atoms with E-state index in [1.807, 2.05) is 12.1 Å². The van der Waals surface area contributed by atoms with Gasteiger partial charge in [0.15, 0.2) is 5.65 Å². The number of imidazole rings is 1. The number of rotatable bonds is 5. The van der Waals surface area contributed by atoms with Gasteiger partial charge in [-0.15, -0.1) is 11.6 Å². The minimum absolute atomic E-state index is 0.374. The van der Waals surface area contributed by atoms with Crippen molar-refractivity contribution in [2.24, 2.45) is 5.41 Å². The van der Waals surface area contributed by atoms with Gasteiger partial charge >= 0.3 is 0 Å². The molecule has 5 heteroatoms. The van der Waals surface area contributed by atoms with E-state index in [4.69, 9.17) is 16.3 Å². The second-order valence-electron chi connectivity index (χ2n) is 6.00. The Morgan fingerprint density at radius 2 is 2.05 bits per heavy atom. The molecule has 1 aliphatic carbocycles. The maximum Gasteiger partial charge on any atom is 0.215 e. The second-order valence-corrected chi connectivity index (χ2v) is 6.27. The lowest BCUT2D eigenvalue weighted by atomic mass is 9.83. The highest BCUT2D eigenvalue weighted by molar-refractivity contribution is 6.16. The molecule has 0 aliphatic heterocycles. The van der Waals surface area contributed by atoms with Crippen LogP contribution >= 0.6 is 11.6 Å². The summed E-state index contributed by atoms with van der Waals surface area (Å²) in [6.07, 6.45) is 6.42. The highest BCUT2D eigenvalue weighted by atomic mass is 35.5. The summed E-state index contributed by atoms with van der Waals surface area (Å²) in [5, 5.41) is 0. The van der Waals surface area contributed by atoms with Crippen LogP contribution in [0.15, 0.2) is 12.1 Å². The molecule has 0 aromatic carbocycles. The van der Waals surface area contributed by atoms with Crippen molar-refractivity contribution < 1.29 is 4.74 Å². The molecule has 4 nitrogen and oxygen atoms in total. The topological polar surface area (TPSA) is 39.9 Å². The molecule has 0 spiro atoms. The van der Waals surface area contributed by atoms with Gasteiger partial charge in [-0.2, -0.15) is 4.98 Å². The molecule has 1 fully saturated rings. The van der Waals surface area contributed by atoms with E-state index >= 15 is 0 Å². The number of methoxy groups -OCH3 is 1. The highest BCUT2D eigenvalue weighted by Gasteiger charge is 2.33. The molecule has 2 aromatic rings. The van der Waals surface area contributed by atoms with Crippen molar-refractivity contribution in [2.75, 3.05) is 7.11 Å². The standard InChI is InChI=1S/C16H22ClN3O/c1-3-16(8-4-5-9-16)11-20-13(10-17)18-12-6-7-14(21-2)19-15(12)20/h6-7H,3-5,8-11H2,1-2H3. The van der Waals surface area contributed by atoms with Gasteiger partial charge in [-0.3, -0.25) is 0 Å². The van der Waals surface area contributed by atoms with Crippen LogP contribution in [0.5, 0.6) is 5.88 Å². The zero-order valence-corrected chi connectivity index (χ0v) is 13.5. The van der Waals surface area contributed by atoms with Crippen molar-refractivity contribution in [3.05, 3.63) is 18.0 Å². The van der Waals surface area contributed by atoms with E-state index in [1.54, 1.807) is 7.11 Å². The molecule has 21 heavy (non-hydrogen) atoms. The van der Waals surface area contributed by atoms with Crippen LogP contribution in [0.3, 0.4) is 0 Å². The zero-order valence-electron chi connectivity index (χ0n) is 12.7. The van der Waals surface area contributed by atoms with Gasteiger partial charge in [0, 0.05) is 12.6 Å². The summed E-state index contributed by atoms with van der Waals surface area (Å²) in [6.45, 7) is 3.25. The van der Waals surface area contributed by atoms with Crippen LogP contribution < -0.4 is 4.74 Å². The van der Waals surface area contributed by atoms with Gasteiger partial charge in [-0.25, -0.2) is 4.98 Å². The Kier molecular flexibility index (Phi) is 4.07. The Bertz CT molecular complexity index is 632. The predicted molar refractivity (Wildman–Crippen MR) is 84.8 cm³/mol. The molecule has 2 aromatic heterocycles. The van der Waals surface area contributed by atoms with E-state index in [0.29, 0.717) is 17.2 Å². The summed E-state index contributed by atoms with van der Waals surface area (Å²) in [7, 11) is 1.64. The van der Waals surface area contributed by atoms with Crippen LogP contribution in [0, 0.1) is 5.41 Å². The molecule has 0 N–H and O–H groups in total. The monoisotopic (exact) mass is 307 g/mol. The van der Waals surface area contributed by atoms with E-state index in [-0.39, 0.29) is 0 Å². The molecule has 0 unspecified atom stereocenters. The summed E-state index contributed by atoms with van der Waals surface area (Å²) in [4.78, 5) is 9.22. The van der Waals surface area contributed by atoms with Crippen LogP contribution in [-0.4, -0.2) is 21.6 Å². The summed E-state index contributed by atoms with van der Waals surface area (Å²) >= 11 is 6.11. The Morgan fingerprint density at radius 3 is 2.67 bits per heavy atom. The van der Waals surface area contributed by atoms with Gasteiger partial charge in [0.05, 0.1) is 13.0 Å². The first-order valence-corrected chi connectivity index (χ1v) is 8.21. The third kappa shape index (κ3) is 2.61. The number of hydrogen-bond donors (Lipinski definition) is 0. The average Bonchev–Trinajstić information content (AvgIpc) is 3.12. The number of ether oxygens (including phenoxy) is 1. The van der Waals surface area contributed by atoms with Crippen molar-refractivity contribution in [1.29, 1.82) is 0 Å². The lowest BCUT2D eigenvalue weighted by Gasteiger charge is -2.28. The lowest BCUT2D eigenvalue weighted by Crippen LogP contribution is -2.24. The minimum Gasteiger partial charge on any atom is -0.481 e. The van der Waals surface area contributed by atoms with Crippen molar-refractivity contribution in [3.63, 3.8) is 0 Å². The van der Waals surface area contributed by atoms with Gasteiger partial charge in [-0.1, -0.05) is 19.8 Å². The molecule has 1 aliphatic rings. The first kappa shape index (κ1) is 14.6. The number of halogens is 1. The summed E-state index contributed by atoms with van der Waals surface area (Å²) in [6, 6.07) is 3.81. The first-order chi connectivity index (χ1) is 10.2. The molecule has 114 valence electrons. The molecule has 1 saturated carbocycles. The Hall–Kier alpha value is -1.29. The SMILES string of the molecule is CCC1(Cn2c(CCl)nc3ccc(OC)nc32)CCCC1. The Balaban J connectivity index is 2.06. The van der Waals surface area contributed by atoms with Crippen molar-refractivity contribution >= 4 is 22.8 Å². The van der Waals surface area contributed by atoms with Gasteiger partial charge < -0.3 is 9.30 Å². The van der Waals surface area contributed by atoms with Crippen molar-refractivity contribution in [1.82, 2.24) is 14.5 Å². The molecule has 3 rings (SSSR count). The summed E-state index contributed by atoms with van der Waals surface area (Å²) in [5.41, 5.74) is 2.17. The number of pyridine rings is 1. The first-order valence-electron chi connectivity index (χ1n) is 7.67. The average molecular weight is 308 g/mol. The van der Waals surface area contributed by atoms with E-state index in [2.05, 4.69) is 21.5 Å². The van der Waals surface area contributed by atoms with Crippen molar-refractivity contribution in [3.8, 4) is 5.88 Å². The fourth-order valence-electron chi connectivity index (χ4n) is 3.50. The molecule has 0 bridgehead atoms. The maximum absolute atomic E-state index is 6.11. The molecular formula is C16H22ClN3O. The molecule has 0 saturated heterocycles. The summed E-state index contributed by atoms with van der Waals surface area (Å²) < 4.78 is 7.46. The molecule has 0 atom stereocenters. The smallest absolute Gasteiger partial charge is 0.215 e. The third-order valence-electron chi connectivity index (χ3n) is 4.88. The fourth-order valence-corrected chi connectivity index (χ4v) is 3.70. The van der Waals surface area contributed by atoms with Crippen LogP contribution in [0.4, 0.5) is 0 Å². The van der Waals surface area contributed by atoms with E-state index in [1.165, 1.54) is 32.1 Å². The zero-order chi connectivity index (χ0) is 14.9. The van der Waals surface area contributed by atoms with Crippen molar-refractivity contribution in [2.45, 2.75) is 51.5 Å². The maximum atomic E-state index is 6.11. The molecular weight excluding hydrogens is 286 g/mol. The molecule has 0 amide bonds. The van der Waals surface area contributed by atoms with Crippen LogP contribution in [0.2, 0.25) is 0 Å². The van der Waals surface area contributed by atoms with Crippen LogP contribution in [0.25, 0.3) is 11.2 Å².